The van der Waals surface area contributed by atoms with E-state index in [1.54, 1.807) is 0 Å². The van der Waals surface area contributed by atoms with Crippen molar-refractivity contribution in [3.63, 3.8) is 0 Å². The lowest BCUT2D eigenvalue weighted by molar-refractivity contribution is 0.506. The first kappa shape index (κ1) is 15.9. The number of hydrogen-bond acceptors (Lipinski definition) is 5. The monoisotopic (exact) mass is 298 g/mol. The largest absolute Gasteiger partial charge is 0.319 e. The Morgan fingerprint density at radius 3 is 2.28 bits per heavy atom. The predicted octanol–water partition coefficient (Wildman–Crippen LogP) is -0.661. The molecule has 1 fully saturated rings. The molecule has 1 rings (SSSR count). The zero-order valence-corrected chi connectivity index (χ0v) is 12.5. The van der Waals surface area contributed by atoms with Gasteiger partial charge in [0.2, 0.25) is 10.0 Å². The minimum atomic E-state index is -3.39. The summed E-state index contributed by atoms with van der Waals surface area (Å²) in [6.07, 6.45) is 0.413. The van der Waals surface area contributed by atoms with E-state index in [0.29, 0.717) is 6.54 Å². The molecule has 0 radical (unpaired) electrons. The third kappa shape index (κ3) is 4.83. The van der Waals surface area contributed by atoms with Crippen molar-refractivity contribution < 1.29 is 16.8 Å². The normalized spacial score (nSPS) is 22.8. The minimum absolute atomic E-state index is 0.0232. The SMILES string of the molecule is CNCC(C)CNS(=O)(=O)C1CCS(=O)(=O)CC1. The van der Waals surface area contributed by atoms with E-state index in [0.717, 1.165) is 6.54 Å². The van der Waals surface area contributed by atoms with E-state index in [9.17, 15) is 16.8 Å². The Kier molecular flexibility index (Phi) is 5.57. The molecule has 1 aliphatic heterocycles. The molecule has 108 valence electrons. The molecule has 1 aliphatic rings. The summed E-state index contributed by atoms with van der Waals surface area (Å²) in [6.45, 7) is 3.07. The quantitative estimate of drug-likeness (QED) is 0.679. The predicted molar refractivity (Wildman–Crippen MR) is 71.7 cm³/mol. The Hall–Kier alpha value is -0.180. The van der Waals surface area contributed by atoms with Gasteiger partial charge in [0, 0.05) is 6.54 Å². The van der Waals surface area contributed by atoms with Gasteiger partial charge in [0.05, 0.1) is 16.8 Å². The molecule has 0 aromatic heterocycles. The average molecular weight is 298 g/mol. The van der Waals surface area contributed by atoms with Crippen molar-refractivity contribution in [3.8, 4) is 0 Å². The summed E-state index contributed by atoms with van der Waals surface area (Å²) in [5.41, 5.74) is 0. The molecule has 18 heavy (non-hydrogen) atoms. The Morgan fingerprint density at radius 1 is 1.22 bits per heavy atom. The van der Waals surface area contributed by atoms with E-state index < -0.39 is 25.1 Å². The molecule has 0 spiro atoms. The molecule has 1 atom stereocenters. The lowest BCUT2D eigenvalue weighted by Gasteiger charge is -2.23. The van der Waals surface area contributed by atoms with Crippen LogP contribution < -0.4 is 10.0 Å². The van der Waals surface area contributed by atoms with Crippen LogP contribution in [-0.4, -0.2) is 53.7 Å². The van der Waals surface area contributed by atoms with E-state index in [1.165, 1.54) is 0 Å². The second-order valence-electron chi connectivity index (χ2n) is 4.91. The summed E-state index contributed by atoms with van der Waals surface area (Å²) < 4.78 is 49.0. The topological polar surface area (TPSA) is 92.3 Å². The number of hydrogen-bond donors (Lipinski definition) is 2. The molecule has 0 bridgehead atoms. The van der Waals surface area contributed by atoms with Crippen LogP contribution in [0.5, 0.6) is 0 Å². The maximum atomic E-state index is 12.0. The molecular formula is C10H22N2O4S2. The highest BCUT2D eigenvalue weighted by Gasteiger charge is 2.32. The van der Waals surface area contributed by atoms with Crippen LogP contribution in [0, 0.1) is 5.92 Å². The Labute approximate surface area is 110 Å². The van der Waals surface area contributed by atoms with Gasteiger partial charge in [-0.1, -0.05) is 6.92 Å². The molecule has 0 amide bonds. The molecule has 0 aliphatic carbocycles. The summed E-state index contributed by atoms with van der Waals surface area (Å²) >= 11 is 0. The average Bonchev–Trinajstić information content (AvgIpc) is 2.26. The molecule has 1 unspecified atom stereocenters. The molecule has 2 N–H and O–H groups in total. The van der Waals surface area contributed by atoms with E-state index in [-0.39, 0.29) is 30.3 Å². The molecular weight excluding hydrogens is 276 g/mol. The standard InChI is InChI=1S/C10H22N2O4S2/c1-9(7-11-2)8-12-18(15,16)10-3-5-17(13,14)6-4-10/h9-12H,3-8H2,1-2H3. The molecule has 6 nitrogen and oxygen atoms in total. The molecule has 0 aromatic rings. The number of sulfonamides is 1. The molecule has 1 heterocycles. The fourth-order valence-corrected chi connectivity index (χ4v) is 5.37. The van der Waals surface area contributed by atoms with Crippen molar-refractivity contribution in [1.29, 1.82) is 0 Å². The summed E-state index contributed by atoms with van der Waals surface area (Å²) in [4.78, 5) is 0. The van der Waals surface area contributed by atoms with Gasteiger partial charge in [-0.3, -0.25) is 0 Å². The van der Waals surface area contributed by atoms with Crippen LogP contribution in [0.15, 0.2) is 0 Å². The van der Waals surface area contributed by atoms with Crippen LogP contribution in [0.1, 0.15) is 19.8 Å². The summed E-state index contributed by atoms with van der Waals surface area (Å²) in [5.74, 6) is 0.159. The van der Waals surface area contributed by atoms with Crippen LogP contribution in [0.25, 0.3) is 0 Å². The zero-order valence-electron chi connectivity index (χ0n) is 10.8. The van der Waals surface area contributed by atoms with Gasteiger partial charge in [-0.25, -0.2) is 21.6 Å². The van der Waals surface area contributed by atoms with Crippen molar-refractivity contribution in [2.45, 2.75) is 25.0 Å². The maximum absolute atomic E-state index is 12.0. The summed E-state index contributed by atoms with van der Waals surface area (Å²) in [6, 6.07) is 0. The summed E-state index contributed by atoms with van der Waals surface area (Å²) in [5, 5.41) is 2.41. The van der Waals surface area contributed by atoms with Gasteiger partial charge in [0.15, 0.2) is 0 Å². The van der Waals surface area contributed by atoms with Crippen molar-refractivity contribution in [2.24, 2.45) is 5.92 Å². The Bertz CT molecular complexity index is 444. The van der Waals surface area contributed by atoms with Crippen molar-refractivity contribution in [3.05, 3.63) is 0 Å². The van der Waals surface area contributed by atoms with E-state index in [1.807, 2.05) is 14.0 Å². The smallest absolute Gasteiger partial charge is 0.214 e. The van der Waals surface area contributed by atoms with Crippen LogP contribution in [-0.2, 0) is 19.9 Å². The first-order valence-corrected chi connectivity index (χ1v) is 9.47. The van der Waals surface area contributed by atoms with Crippen LogP contribution in [0.4, 0.5) is 0 Å². The van der Waals surface area contributed by atoms with Gasteiger partial charge in [-0.05, 0) is 32.4 Å². The van der Waals surface area contributed by atoms with E-state index in [4.69, 9.17) is 0 Å². The van der Waals surface area contributed by atoms with Gasteiger partial charge >= 0.3 is 0 Å². The van der Waals surface area contributed by atoms with Crippen molar-refractivity contribution >= 4 is 19.9 Å². The van der Waals surface area contributed by atoms with Crippen molar-refractivity contribution in [1.82, 2.24) is 10.0 Å². The maximum Gasteiger partial charge on any atom is 0.214 e. The summed E-state index contributed by atoms with van der Waals surface area (Å²) in [7, 11) is -4.59. The highest BCUT2D eigenvalue weighted by Crippen LogP contribution is 2.18. The third-order valence-electron chi connectivity index (χ3n) is 3.13. The van der Waals surface area contributed by atoms with Crippen LogP contribution in [0.3, 0.4) is 0 Å². The molecule has 0 saturated carbocycles. The first-order valence-electron chi connectivity index (χ1n) is 6.10. The number of nitrogens with one attached hydrogen (secondary N) is 2. The minimum Gasteiger partial charge on any atom is -0.319 e. The molecule has 8 heteroatoms. The molecule has 0 aromatic carbocycles. The van der Waals surface area contributed by atoms with Crippen LogP contribution in [0.2, 0.25) is 0 Å². The fraction of sp³-hybridized carbons (Fsp3) is 1.00. The Morgan fingerprint density at radius 2 is 1.78 bits per heavy atom. The van der Waals surface area contributed by atoms with Gasteiger partial charge in [0.1, 0.15) is 9.84 Å². The van der Waals surface area contributed by atoms with E-state index in [2.05, 4.69) is 10.0 Å². The van der Waals surface area contributed by atoms with E-state index >= 15 is 0 Å². The van der Waals surface area contributed by atoms with Crippen molar-refractivity contribution in [2.75, 3.05) is 31.6 Å². The van der Waals surface area contributed by atoms with Crippen LogP contribution >= 0.6 is 0 Å². The second-order valence-corrected chi connectivity index (χ2v) is 9.26. The first-order chi connectivity index (χ1) is 8.27. The fourth-order valence-electron chi connectivity index (χ4n) is 1.98. The number of sulfone groups is 1. The zero-order chi connectivity index (χ0) is 13.8. The Balaban J connectivity index is 2.50. The second kappa shape index (κ2) is 6.31. The third-order valence-corrected chi connectivity index (χ3v) is 6.76. The number of rotatable bonds is 6. The van der Waals surface area contributed by atoms with Gasteiger partial charge in [-0.15, -0.1) is 0 Å². The van der Waals surface area contributed by atoms with Gasteiger partial charge in [-0.2, -0.15) is 0 Å². The highest BCUT2D eigenvalue weighted by molar-refractivity contribution is 7.92. The van der Waals surface area contributed by atoms with Gasteiger partial charge < -0.3 is 5.32 Å². The lowest BCUT2D eigenvalue weighted by Crippen LogP contribution is -2.42. The lowest BCUT2D eigenvalue weighted by atomic mass is 10.2. The van der Waals surface area contributed by atoms with Gasteiger partial charge in [0.25, 0.3) is 0 Å². The molecule has 1 saturated heterocycles. The highest BCUT2D eigenvalue weighted by atomic mass is 32.2.